The summed E-state index contributed by atoms with van der Waals surface area (Å²) >= 11 is 0. The Morgan fingerprint density at radius 2 is 1.36 bits per heavy atom. The van der Waals surface area contributed by atoms with Gasteiger partial charge in [0.25, 0.3) is 0 Å². The lowest BCUT2D eigenvalue weighted by molar-refractivity contribution is -0.123. The summed E-state index contributed by atoms with van der Waals surface area (Å²) in [5.41, 5.74) is 2.52. The minimum atomic E-state index is -1.37. The number of nitrogens with zero attached hydrogens (tertiary/aromatic N) is 1. The molecule has 242 valence electrons. The van der Waals surface area contributed by atoms with Crippen LogP contribution in [0.4, 0.5) is 14.0 Å². The van der Waals surface area contributed by atoms with E-state index in [9.17, 15) is 14.4 Å². The van der Waals surface area contributed by atoms with Gasteiger partial charge in [-0.15, -0.1) is 0 Å². The Balaban J connectivity index is 1.64. The summed E-state index contributed by atoms with van der Waals surface area (Å²) in [6.07, 6.45) is -1.26. The predicted molar refractivity (Wildman–Crippen MR) is 173 cm³/mol. The van der Waals surface area contributed by atoms with Crippen LogP contribution in [0.3, 0.4) is 0 Å². The van der Waals surface area contributed by atoms with Gasteiger partial charge in [-0.3, -0.25) is 4.79 Å². The number of nitrogens with one attached hydrogen (secondary N) is 2. The fourth-order valence-corrected chi connectivity index (χ4v) is 5.08. The Morgan fingerprint density at radius 3 is 1.89 bits per heavy atom. The molecule has 0 bridgehead atoms. The quantitative estimate of drug-likeness (QED) is 0.183. The Hall–Kier alpha value is -4.40. The van der Waals surface area contributed by atoms with E-state index in [1.165, 1.54) is 7.11 Å². The van der Waals surface area contributed by atoms with Crippen molar-refractivity contribution in [2.24, 2.45) is 5.92 Å². The van der Waals surface area contributed by atoms with E-state index in [-0.39, 0.29) is 25.6 Å². The van der Waals surface area contributed by atoms with Crippen molar-refractivity contribution in [3.8, 4) is 0 Å². The maximum Gasteiger partial charge on any atom is 0.410 e. The zero-order chi connectivity index (χ0) is 32.6. The topological polar surface area (TPSA) is 97.0 Å². The van der Waals surface area contributed by atoms with Crippen LogP contribution in [0.5, 0.6) is 0 Å². The minimum Gasteiger partial charge on any atom is -0.453 e. The van der Waals surface area contributed by atoms with Crippen molar-refractivity contribution in [3.05, 3.63) is 108 Å². The first-order valence-electron chi connectivity index (χ1n) is 15.5. The van der Waals surface area contributed by atoms with Crippen molar-refractivity contribution in [1.29, 1.82) is 0 Å². The van der Waals surface area contributed by atoms with Crippen LogP contribution < -0.4 is 10.6 Å². The first-order chi connectivity index (χ1) is 21.7. The fourth-order valence-electron chi connectivity index (χ4n) is 5.08. The van der Waals surface area contributed by atoms with Crippen LogP contribution in [-0.2, 0) is 20.9 Å². The summed E-state index contributed by atoms with van der Waals surface area (Å²) < 4.78 is 25.6. The van der Waals surface area contributed by atoms with Gasteiger partial charge in [-0.25, -0.2) is 14.0 Å². The second kappa shape index (κ2) is 18.4. The average molecular weight is 620 g/mol. The van der Waals surface area contributed by atoms with Crippen LogP contribution in [0.25, 0.3) is 0 Å². The van der Waals surface area contributed by atoms with Gasteiger partial charge >= 0.3 is 12.2 Å². The lowest BCUT2D eigenvalue weighted by atomic mass is 9.84. The number of carbonyl (C=O) groups is 3. The van der Waals surface area contributed by atoms with E-state index in [1.807, 2.05) is 97.9 Å². The van der Waals surface area contributed by atoms with Crippen molar-refractivity contribution in [2.75, 3.05) is 20.2 Å². The highest BCUT2D eigenvalue weighted by atomic mass is 19.1. The number of benzene rings is 3. The lowest BCUT2D eigenvalue weighted by Gasteiger charge is -2.30. The van der Waals surface area contributed by atoms with E-state index in [1.54, 1.807) is 4.90 Å². The third-order valence-corrected chi connectivity index (χ3v) is 7.71. The summed E-state index contributed by atoms with van der Waals surface area (Å²) in [5.74, 6) is -0.689. The van der Waals surface area contributed by atoms with Gasteiger partial charge in [-0.05, 0) is 48.8 Å². The molecule has 0 saturated carbocycles. The highest BCUT2D eigenvalue weighted by Crippen LogP contribution is 2.28. The van der Waals surface area contributed by atoms with Gasteiger partial charge in [0, 0.05) is 25.0 Å². The number of alkyl carbamates (subject to hydrolysis) is 1. The van der Waals surface area contributed by atoms with E-state index in [0.717, 1.165) is 23.1 Å². The van der Waals surface area contributed by atoms with Crippen LogP contribution >= 0.6 is 0 Å². The molecule has 0 aliphatic carbocycles. The van der Waals surface area contributed by atoms with Crippen molar-refractivity contribution in [2.45, 2.75) is 70.8 Å². The number of halogens is 1. The highest BCUT2D eigenvalue weighted by molar-refractivity contribution is 5.87. The molecule has 45 heavy (non-hydrogen) atoms. The molecule has 3 rings (SSSR count). The summed E-state index contributed by atoms with van der Waals surface area (Å²) in [6.45, 7) is 6.47. The molecule has 3 amide bonds. The maximum absolute atomic E-state index is 15.2. The van der Waals surface area contributed by atoms with Gasteiger partial charge in [0.1, 0.15) is 18.8 Å². The molecule has 0 heterocycles. The molecule has 0 radical (unpaired) electrons. The van der Waals surface area contributed by atoms with Crippen molar-refractivity contribution in [3.63, 3.8) is 0 Å². The second-order valence-electron chi connectivity index (χ2n) is 11.6. The molecule has 0 aromatic heterocycles. The monoisotopic (exact) mass is 619 g/mol. The van der Waals surface area contributed by atoms with Gasteiger partial charge in [-0.1, -0.05) is 105 Å². The first kappa shape index (κ1) is 35.1. The summed E-state index contributed by atoms with van der Waals surface area (Å²) in [4.78, 5) is 40.5. The molecule has 0 saturated heterocycles. The summed E-state index contributed by atoms with van der Waals surface area (Å²) in [5, 5.41) is 5.35. The first-order valence-corrected chi connectivity index (χ1v) is 15.5. The van der Waals surface area contributed by atoms with Gasteiger partial charge in [0.2, 0.25) is 5.91 Å². The number of hydrogen-bond acceptors (Lipinski definition) is 5. The second-order valence-corrected chi connectivity index (χ2v) is 11.6. The molecule has 1 unspecified atom stereocenters. The number of rotatable bonds is 16. The van der Waals surface area contributed by atoms with Crippen molar-refractivity contribution in [1.82, 2.24) is 15.5 Å². The van der Waals surface area contributed by atoms with Crippen LogP contribution in [-0.4, -0.2) is 61.4 Å². The number of ether oxygens (including phenoxy) is 2. The zero-order valence-corrected chi connectivity index (χ0v) is 26.7. The van der Waals surface area contributed by atoms with E-state index < -0.39 is 36.2 Å². The smallest absolute Gasteiger partial charge is 0.410 e. The number of alkyl halides is 1. The highest BCUT2D eigenvalue weighted by Gasteiger charge is 2.33. The van der Waals surface area contributed by atoms with E-state index in [2.05, 4.69) is 24.5 Å². The summed E-state index contributed by atoms with van der Waals surface area (Å²) in [7, 11) is 1.23. The molecule has 0 fully saturated rings. The molecule has 0 spiro atoms. The number of hydrogen-bond donors (Lipinski definition) is 2. The molecule has 9 heteroatoms. The Kier molecular flexibility index (Phi) is 14.4. The molecule has 0 aliphatic rings. The zero-order valence-electron chi connectivity index (χ0n) is 26.7. The van der Waals surface area contributed by atoms with Crippen LogP contribution in [0.15, 0.2) is 91.0 Å². The van der Waals surface area contributed by atoms with E-state index in [4.69, 9.17) is 9.47 Å². The Labute approximate surface area is 266 Å². The lowest BCUT2D eigenvalue weighted by Crippen LogP contribution is -2.51. The predicted octanol–water partition coefficient (Wildman–Crippen LogP) is 6.85. The number of amides is 3. The van der Waals surface area contributed by atoms with Crippen molar-refractivity contribution < 1.29 is 28.2 Å². The van der Waals surface area contributed by atoms with Crippen LogP contribution in [0.1, 0.15) is 62.6 Å². The summed E-state index contributed by atoms with van der Waals surface area (Å²) in [6, 6.07) is 26.8. The molecular weight excluding hydrogens is 573 g/mol. The third-order valence-electron chi connectivity index (χ3n) is 7.71. The standard InChI is InChI=1S/C36H46FN3O5/c1-26(2)22-23-40(36(43)45-25-28-14-8-5-9-15-28)27(3)20-21-31(37)24-38-34(41)33(39-35(42)44-4)32(29-16-10-6-11-17-29)30-18-12-7-13-19-30/h5-19,26-27,31-33H,20-25H2,1-4H3,(H,38,41)(H,39,42)/t27-,31?,33+/m1/s1. The molecule has 3 atom stereocenters. The van der Waals surface area contributed by atoms with Crippen LogP contribution in [0.2, 0.25) is 0 Å². The molecule has 2 N–H and O–H groups in total. The molecular formula is C36H46FN3O5. The molecule has 8 nitrogen and oxygen atoms in total. The minimum absolute atomic E-state index is 0.126. The maximum atomic E-state index is 15.2. The third kappa shape index (κ3) is 11.6. The van der Waals surface area contributed by atoms with Gasteiger partial charge in [-0.2, -0.15) is 0 Å². The normalized spacial score (nSPS) is 13.0. The number of methoxy groups -OCH3 is 1. The van der Waals surface area contributed by atoms with E-state index >= 15 is 4.39 Å². The number of carbonyl (C=O) groups excluding carboxylic acids is 3. The van der Waals surface area contributed by atoms with Gasteiger partial charge in [0.15, 0.2) is 0 Å². The Morgan fingerprint density at radius 1 is 0.800 bits per heavy atom. The fraction of sp³-hybridized carbons (Fsp3) is 0.417. The SMILES string of the molecule is COC(=O)N[C@H](C(=O)NCC(F)CC[C@@H](C)N(CCC(C)C)C(=O)OCc1ccccc1)C(c1ccccc1)c1ccccc1. The largest absolute Gasteiger partial charge is 0.453 e. The van der Waals surface area contributed by atoms with Crippen molar-refractivity contribution >= 4 is 18.1 Å². The van der Waals surface area contributed by atoms with E-state index in [0.29, 0.717) is 18.9 Å². The molecule has 0 aliphatic heterocycles. The van der Waals surface area contributed by atoms with Crippen LogP contribution in [0, 0.1) is 5.92 Å². The molecule has 3 aromatic rings. The van der Waals surface area contributed by atoms with Gasteiger partial charge < -0.3 is 25.0 Å². The van der Waals surface area contributed by atoms with Gasteiger partial charge in [0.05, 0.1) is 7.11 Å². The Bertz CT molecular complexity index is 1270. The average Bonchev–Trinajstić information content (AvgIpc) is 3.06. The molecule has 3 aromatic carbocycles.